The summed E-state index contributed by atoms with van der Waals surface area (Å²) < 4.78 is 12.8. The van der Waals surface area contributed by atoms with Gasteiger partial charge in [0, 0.05) is 13.5 Å². The van der Waals surface area contributed by atoms with Crippen LogP contribution in [0.3, 0.4) is 0 Å². The molecule has 0 saturated carbocycles. The molecule has 0 N–H and O–H groups in total. The molecule has 132 valence electrons. The van der Waals surface area contributed by atoms with Crippen molar-refractivity contribution in [2.75, 3.05) is 0 Å². The molecule has 0 aromatic carbocycles. The maximum Gasteiger partial charge on any atom is 0.326 e. The van der Waals surface area contributed by atoms with Gasteiger partial charge in [0.25, 0.3) is 11.4 Å². The summed E-state index contributed by atoms with van der Waals surface area (Å²) in [6, 6.07) is 0. The standard InChI is InChI=1S/C15H18N6O4/c1-9(2)4-11-18-12(25-19-11)7-24-13(22)6-21-8-16-14-10(15(21)23)5-17-20(14)3/h5,8-9H,4,6-7H2,1-3H3. The van der Waals surface area contributed by atoms with E-state index in [1.54, 1.807) is 7.05 Å². The van der Waals surface area contributed by atoms with Crippen molar-refractivity contribution in [3.05, 3.63) is 34.6 Å². The van der Waals surface area contributed by atoms with Crippen LogP contribution in [0.15, 0.2) is 21.8 Å². The van der Waals surface area contributed by atoms with Gasteiger partial charge in [-0.3, -0.25) is 18.8 Å². The summed E-state index contributed by atoms with van der Waals surface area (Å²) >= 11 is 0. The average Bonchev–Trinajstić information content (AvgIpc) is 3.15. The highest BCUT2D eigenvalue weighted by atomic mass is 16.6. The lowest BCUT2D eigenvalue weighted by molar-refractivity contribution is -0.146. The van der Waals surface area contributed by atoms with Crippen LogP contribution in [0.5, 0.6) is 0 Å². The molecule has 10 heteroatoms. The fraction of sp³-hybridized carbons (Fsp3) is 0.467. The third-order valence-electron chi connectivity index (χ3n) is 3.48. The number of carbonyl (C=O) groups is 1. The average molecular weight is 346 g/mol. The first-order valence-corrected chi connectivity index (χ1v) is 7.78. The SMILES string of the molecule is CC(C)Cc1noc(COC(=O)Cn2cnc3c(cnn3C)c2=O)n1. The molecule has 0 atom stereocenters. The molecular weight excluding hydrogens is 328 g/mol. The van der Waals surface area contributed by atoms with E-state index in [1.807, 2.05) is 13.8 Å². The molecule has 3 aromatic heterocycles. The summed E-state index contributed by atoms with van der Waals surface area (Å²) in [5, 5.41) is 8.13. The molecule has 0 aliphatic rings. The Morgan fingerprint density at radius 3 is 2.96 bits per heavy atom. The summed E-state index contributed by atoms with van der Waals surface area (Å²) in [5.74, 6) is 0.589. The van der Waals surface area contributed by atoms with Gasteiger partial charge in [-0.15, -0.1) is 0 Å². The first-order chi connectivity index (χ1) is 11.9. The van der Waals surface area contributed by atoms with Gasteiger partial charge < -0.3 is 9.26 Å². The lowest BCUT2D eigenvalue weighted by atomic mass is 10.1. The van der Waals surface area contributed by atoms with Crippen LogP contribution in [0, 0.1) is 5.92 Å². The number of ether oxygens (including phenoxy) is 1. The second-order valence-electron chi connectivity index (χ2n) is 6.05. The number of hydrogen-bond donors (Lipinski definition) is 0. The highest BCUT2D eigenvalue weighted by Gasteiger charge is 2.14. The molecule has 0 amide bonds. The molecular formula is C15H18N6O4. The Labute approximate surface area is 142 Å². The van der Waals surface area contributed by atoms with Crippen LogP contribution in [-0.2, 0) is 36.2 Å². The topological polar surface area (TPSA) is 118 Å². The normalized spacial score (nSPS) is 11.4. The molecule has 0 spiro atoms. The number of aryl methyl sites for hydroxylation is 1. The molecule has 3 rings (SSSR count). The van der Waals surface area contributed by atoms with E-state index in [2.05, 4.69) is 20.2 Å². The molecule has 0 aliphatic carbocycles. The maximum absolute atomic E-state index is 12.3. The van der Waals surface area contributed by atoms with E-state index in [9.17, 15) is 9.59 Å². The number of rotatable bonds is 6. The summed E-state index contributed by atoms with van der Waals surface area (Å²) in [6.45, 7) is 3.69. The van der Waals surface area contributed by atoms with Crippen molar-refractivity contribution in [3.63, 3.8) is 0 Å². The van der Waals surface area contributed by atoms with Crippen LogP contribution in [0.4, 0.5) is 0 Å². The van der Waals surface area contributed by atoms with Crippen LogP contribution < -0.4 is 5.56 Å². The Kier molecular flexibility index (Phi) is 4.59. The maximum atomic E-state index is 12.3. The van der Waals surface area contributed by atoms with Crippen LogP contribution in [-0.4, -0.2) is 35.4 Å². The van der Waals surface area contributed by atoms with Crippen molar-refractivity contribution in [2.45, 2.75) is 33.4 Å². The summed E-state index contributed by atoms with van der Waals surface area (Å²) in [6.07, 6.45) is 3.39. The lowest BCUT2D eigenvalue weighted by Gasteiger charge is -2.05. The Hall–Kier alpha value is -3.04. The Bertz CT molecular complexity index is 954. The fourth-order valence-electron chi connectivity index (χ4n) is 2.30. The number of hydrogen-bond acceptors (Lipinski definition) is 8. The zero-order valence-electron chi connectivity index (χ0n) is 14.2. The van der Waals surface area contributed by atoms with Crippen molar-refractivity contribution in [3.8, 4) is 0 Å². The first kappa shape index (κ1) is 16.8. The van der Waals surface area contributed by atoms with Gasteiger partial charge in [-0.2, -0.15) is 10.1 Å². The van der Waals surface area contributed by atoms with E-state index < -0.39 is 5.97 Å². The third kappa shape index (κ3) is 3.73. The van der Waals surface area contributed by atoms with E-state index in [1.165, 1.54) is 21.8 Å². The predicted molar refractivity (Wildman–Crippen MR) is 85.4 cm³/mol. The van der Waals surface area contributed by atoms with Crippen molar-refractivity contribution in [1.29, 1.82) is 0 Å². The fourth-order valence-corrected chi connectivity index (χ4v) is 2.30. The zero-order valence-corrected chi connectivity index (χ0v) is 14.2. The Morgan fingerprint density at radius 1 is 1.40 bits per heavy atom. The quantitative estimate of drug-likeness (QED) is 0.591. The highest BCUT2D eigenvalue weighted by Crippen LogP contribution is 2.06. The monoisotopic (exact) mass is 346 g/mol. The summed E-state index contributed by atoms with van der Waals surface area (Å²) in [4.78, 5) is 32.5. The number of nitrogens with zero attached hydrogens (tertiary/aromatic N) is 6. The van der Waals surface area contributed by atoms with Gasteiger partial charge in [-0.1, -0.05) is 19.0 Å². The van der Waals surface area contributed by atoms with Crippen LogP contribution in [0.2, 0.25) is 0 Å². The lowest BCUT2D eigenvalue weighted by Crippen LogP contribution is -2.25. The minimum Gasteiger partial charge on any atom is -0.454 e. The van der Waals surface area contributed by atoms with Gasteiger partial charge in [-0.05, 0) is 5.92 Å². The second-order valence-corrected chi connectivity index (χ2v) is 6.05. The van der Waals surface area contributed by atoms with Gasteiger partial charge >= 0.3 is 5.97 Å². The molecule has 0 unspecified atom stereocenters. The molecule has 10 nitrogen and oxygen atoms in total. The zero-order chi connectivity index (χ0) is 18.0. The first-order valence-electron chi connectivity index (χ1n) is 7.78. The van der Waals surface area contributed by atoms with Crippen molar-refractivity contribution in [1.82, 2.24) is 29.5 Å². The molecule has 0 aliphatic heterocycles. The van der Waals surface area contributed by atoms with Gasteiger partial charge in [0.15, 0.2) is 18.1 Å². The largest absolute Gasteiger partial charge is 0.454 e. The number of carbonyl (C=O) groups excluding carboxylic acids is 1. The molecule has 0 saturated heterocycles. The summed E-state index contributed by atoms with van der Waals surface area (Å²) in [7, 11) is 1.69. The predicted octanol–water partition coefficient (Wildman–Crippen LogP) is 0.455. The molecule has 3 heterocycles. The van der Waals surface area contributed by atoms with Crippen molar-refractivity contribution < 1.29 is 14.1 Å². The molecule has 0 bridgehead atoms. The minimum atomic E-state index is -0.601. The Balaban J connectivity index is 1.62. The van der Waals surface area contributed by atoms with E-state index in [0.29, 0.717) is 29.2 Å². The number of fused-ring (bicyclic) bond motifs is 1. The van der Waals surface area contributed by atoms with Gasteiger partial charge in [-0.25, -0.2) is 4.98 Å². The molecule has 3 aromatic rings. The van der Waals surface area contributed by atoms with Crippen LogP contribution >= 0.6 is 0 Å². The molecule has 25 heavy (non-hydrogen) atoms. The van der Waals surface area contributed by atoms with Gasteiger partial charge in [0.05, 0.1) is 6.20 Å². The van der Waals surface area contributed by atoms with Gasteiger partial charge in [0.2, 0.25) is 0 Å². The van der Waals surface area contributed by atoms with E-state index in [-0.39, 0.29) is 24.6 Å². The Morgan fingerprint density at radius 2 is 2.20 bits per heavy atom. The van der Waals surface area contributed by atoms with Crippen molar-refractivity contribution in [2.24, 2.45) is 13.0 Å². The highest BCUT2D eigenvalue weighted by molar-refractivity contribution is 5.74. The number of aromatic nitrogens is 6. The molecule has 0 radical (unpaired) electrons. The van der Waals surface area contributed by atoms with E-state index >= 15 is 0 Å². The smallest absolute Gasteiger partial charge is 0.326 e. The van der Waals surface area contributed by atoms with Crippen LogP contribution in [0.25, 0.3) is 11.0 Å². The van der Waals surface area contributed by atoms with Crippen molar-refractivity contribution >= 4 is 17.0 Å². The minimum absolute atomic E-state index is 0.138. The summed E-state index contributed by atoms with van der Waals surface area (Å²) in [5.41, 5.74) is 0.102. The second kappa shape index (κ2) is 6.83. The van der Waals surface area contributed by atoms with E-state index in [0.717, 1.165) is 0 Å². The van der Waals surface area contributed by atoms with E-state index in [4.69, 9.17) is 9.26 Å². The number of esters is 1. The van der Waals surface area contributed by atoms with Crippen LogP contribution in [0.1, 0.15) is 25.6 Å². The third-order valence-corrected chi connectivity index (χ3v) is 3.48. The van der Waals surface area contributed by atoms with Gasteiger partial charge in [0.1, 0.15) is 18.3 Å². The molecule has 0 fully saturated rings.